The lowest BCUT2D eigenvalue weighted by Crippen LogP contribution is -2.54. The molecule has 3 heterocycles. The summed E-state index contributed by atoms with van der Waals surface area (Å²) in [7, 11) is 0. The second-order valence-electron chi connectivity index (χ2n) is 11.1. The zero-order valence-corrected chi connectivity index (χ0v) is 23.0. The molecule has 3 N–H and O–H groups in total. The van der Waals surface area contributed by atoms with Gasteiger partial charge in [-0.15, -0.1) is 0 Å². The van der Waals surface area contributed by atoms with Gasteiger partial charge in [-0.05, 0) is 86.8 Å². The van der Waals surface area contributed by atoms with Crippen LogP contribution < -0.4 is 10.6 Å². The molecule has 0 radical (unpaired) electrons. The van der Waals surface area contributed by atoms with Gasteiger partial charge in [0.1, 0.15) is 23.2 Å². The molecule has 2 bridgehead atoms. The van der Waals surface area contributed by atoms with Crippen LogP contribution in [0.3, 0.4) is 0 Å². The fourth-order valence-corrected chi connectivity index (χ4v) is 6.55. The monoisotopic (exact) mass is 563 g/mol. The Morgan fingerprint density at radius 1 is 1.10 bits per heavy atom. The highest BCUT2D eigenvalue weighted by Gasteiger charge is 2.54. The highest BCUT2D eigenvalue weighted by atomic mass is 32.1. The van der Waals surface area contributed by atoms with Crippen molar-refractivity contribution in [2.45, 2.75) is 65.0 Å². The van der Waals surface area contributed by atoms with Crippen molar-refractivity contribution in [1.82, 2.24) is 25.0 Å². The van der Waals surface area contributed by atoms with Crippen LogP contribution in [0.15, 0.2) is 39.4 Å². The fraction of sp³-hybridized carbons (Fsp3) is 0.429. The van der Waals surface area contributed by atoms with Gasteiger partial charge in [0.15, 0.2) is 17.1 Å². The number of nitrogens with one attached hydrogen (secondary N) is 2. The van der Waals surface area contributed by atoms with Gasteiger partial charge < -0.3 is 24.6 Å². The Hall–Kier alpha value is -4.06. The number of oxazole rings is 2. The van der Waals surface area contributed by atoms with Crippen molar-refractivity contribution in [2.24, 2.45) is 10.8 Å². The maximum absolute atomic E-state index is 13.4. The van der Waals surface area contributed by atoms with E-state index >= 15 is 0 Å². The number of nitrogens with zero attached hydrogens (tertiary/aromatic N) is 3. The third kappa shape index (κ3) is 4.36. The molecule has 0 spiro atoms. The van der Waals surface area contributed by atoms with Gasteiger partial charge in [0.05, 0.1) is 5.41 Å². The number of carboxylic acid groups (broad SMARTS) is 1. The number of aromatic nitrogens is 3. The lowest BCUT2D eigenvalue weighted by molar-refractivity contribution is -0.159. The molecular formula is C28H29N5O6S. The quantitative estimate of drug-likeness (QED) is 0.274. The second-order valence-corrected chi connectivity index (χ2v) is 11.4. The fourth-order valence-electron chi connectivity index (χ4n) is 6.31. The molecule has 40 heavy (non-hydrogen) atoms. The molecule has 3 saturated carbocycles. The van der Waals surface area contributed by atoms with Crippen LogP contribution in [0.4, 0.5) is 0 Å². The molecule has 3 fully saturated rings. The van der Waals surface area contributed by atoms with Gasteiger partial charge >= 0.3 is 5.97 Å². The van der Waals surface area contributed by atoms with E-state index in [-0.39, 0.29) is 39.9 Å². The van der Waals surface area contributed by atoms with E-state index in [0.717, 1.165) is 24.8 Å². The molecule has 1 atom stereocenters. The van der Waals surface area contributed by atoms with E-state index in [4.69, 9.17) is 21.1 Å². The van der Waals surface area contributed by atoms with Crippen LogP contribution in [0, 0.1) is 22.6 Å². The minimum Gasteiger partial charge on any atom is -0.481 e. The molecule has 1 unspecified atom stereocenters. The van der Waals surface area contributed by atoms with Crippen LogP contribution in [0.1, 0.15) is 77.9 Å². The van der Waals surface area contributed by atoms with Crippen molar-refractivity contribution in [3.63, 3.8) is 0 Å². The lowest BCUT2D eigenvalue weighted by Gasteiger charge is -2.54. The van der Waals surface area contributed by atoms with Crippen LogP contribution in [0.5, 0.6) is 0 Å². The smallest absolute Gasteiger partial charge is 0.309 e. The number of aryl methyl sites for hydroxylation is 1. The first kappa shape index (κ1) is 26.2. The standard InChI is InChI=1S/C28H29N5O6S/c1-15(27-5-8-28(9-6-27,10-7-27)25(36)37)30-23(34)19-12-20(33-22(32-19)14-38-26(33)40)24(35)29-13-17-3-4-21-18(11-17)31-16(2)39-21/h3-4,11-12,14-15H,5-10,13H2,1-2H3,(H,29,35)(H,30,34)(H,36,37). The van der Waals surface area contributed by atoms with Gasteiger partial charge in [0.25, 0.3) is 16.7 Å². The van der Waals surface area contributed by atoms with Crippen molar-refractivity contribution in [1.29, 1.82) is 0 Å². The number of benzene rings is 1. The number of aliphatic carboxylic acids is 1. The van der Waals surface area contributed by atoms with Crippen molar-refractivity contribution < 1.29 is 28.3 Å². The molecule has 1 aromatic carbocycles. The summed E-state index contributed by atoms with van der Waals surface area (Å²) in [5, 5.41) is 15.7. The minimum absolute atomic E-state index is 0.0395. The molecule has 0 saturated heterocycles. The van der Waals surface area contributed by atoms with Gasteiger partial charge in [0, 0.05) is 19.5 Å². The predicted octanol–water partition coefficient (Wildman–Crippen LogP) is 4.58. The van der Waals surface area contributed by atoms with E-state index in [1.165, 1.54) is 16.7 Å². The number of amides is 2. The number of fused-ring (bicyclic) bond motifs is 5. The number of rotatable bonds is 7. The number of carboxylic acids is 1. The Morgan fingerprint density at radius 3 is 2.52 bits per heavy atom. The van der Waals surface area contributed by atoms with E-state index in [0.29, 0.717) is 36.3 Å². The number of carbonyl (C=O) groups is 3. The van der Waals surface area contributed by atoms with Crippen molar-refractivity contribution in [2.75, 3.05) is 0 Å². The Kier molecular flexibility index (Phi) is 6.25. The first-order chi connectivity index (χ1) is 19.1. The van der Waals surface area contributed by atoms with Crippen molar-refractivity contribution in [3.8, 4) is 0 Å². The summed E-state index contributed by atoms with van der Waals surface area (Å²) in [6.07, 6.45) is 5.41. The molecule has 3 aliphatic carbocycles. The van der Waals surface area contributed by atoms with Gasteiger partial charge in [-0.2, -0.15) is 0 Å². The molecule has 208 valence electrons. The summed E-state index contributed by atoms with van der Waals surface area (Å²) in [5.41, 5.74) is 1.85. The SMILES string of the molecule is Cc1nc2cc(CNC(=O)c3cc(C(=O)NC(C)C45CCC(C(=O)O)(CC4)CC5)nc4coc(=S)n34)ccc2o1. The van der Waals surface area contributed by atoms with E-state index in [2.05, 4.69) is 20.6 Å². The maximum Gasteiger partial charge on any atom is 0.309 e. The van der Waals surface area contributed by atoms with Crippen molar-refractivity contribution >= 4 is 46.7 Å². The first-order valence-corrected chi connectivity index (χ1v) is 13.7. The zero-order chi connectivity index (χ0) is 28.2. The molecular weight excluding hydrogens is 534 g/mol. The number of carbonyl (C=O) groups excluding carboxylic acids is 2. The molecule has 12 heteroatoms. The lowest BCUT2D eigenvalue weighted by atomic mass is 9.52. The maximum atomic E-state index is 13.4. The average Bonchev–Trinajstić information content (AvgIpc) is 3.52. The average molecular weight is 564 g/mol. The summed E-state index contributed by atoms with van der Waals surface area (Å²) in [6, 6.07) is 6.71. The Morgan fingerprint density at radius 2 is 1.82 bits per heavy atom. The van der Waals surface area contributed by atoms with Crippen LogP contribution in [-0.2, 0) is 11.3 Å². The summed E-state index contributed by atoms with van der Waals surface area (Å²) < 4.78 is 12.2. The minimum atomic E-state index is -0.715. The molecule has 7 rings (SSSR count). The van der Waals surface area contributed by atoms with Gasteiger partial charge in [0.2, 0.25) is 0 Å². The normalized spacial score (nSPS) is 22.9. The van der Waals surface area contributed by atoms with Gasteiger partial charge in [-0.3, -0.25) is 14.4 Å². The largest absolute Gasteiger partial charge is 0.481 e. The van der Waals surface area contributed by atoms with E-state index in [1.807, 2.05) is 19.1 Å². The van der Waals surface area contributed by atoms with Gasteiger partial charge in [-0.25, -0.2) is 14.4 Å². The van der Waals surface area contributed by atoms with E-state index in [9.17, 15) is 19.5 Å². The number of hydrogen-bond donors (Lipinski definition) is 3. The molecule has 2 amide bonds. The molecule has 3 aromatic heterocycles. The highest BCUT2D eigenvalue weighted by Crippen LogP contribution is 2.58. The number of hydrogen-bond acceptors (Lipinski definition) is 8. The van der Waals surface area contributed by atoms with Crippen LogP contribution >= 0.6 is 12.2 Å². The summed E-state index contributed by atoms with van der Waals surface area (Å²) >= 11 is 5.27. The summed E-state index contributed by atoms with van der Waals surface area (Å²) in [4.78, 5) is 47.3. The van der Waals surface area contributed by atoms with Gasteiger partial charge in [-0.1, -0.05) is 6.07 Å². The van der Waals surface area contributed by atoms with Crippen LogP contribution in [0.25, 0.3) is 16.7 Å². The highest BCUT2D eigenvalue weighted by molar-refractivity contribution is 7.71. The second kappa shape index (κ2) is 9.54. The third-order valence-electron chi connectivity index (χ3n) is 8.93. The Bertz CT molecular complexity index is 1710. The van der Waals surface area contributed by atoms with Crippen LogP contribution in [-0.4, -0.2) is 43.3 Å². The molecule has 11 nitrogen and oxygen atoms in total. The first-order valence-electron chi connectivity index (χ1n) is 13.3. The zero-order valence-electron chi connectivity index (χ0n) is 22.2. The predicted molar refractivity (Wildman–Crippen MR) is 145 cm³/mol. The molecule has 4 aromatic rings. The Balaban J connectivity index is 1.21. The van der Waals surface area contributed by atoms with Crippen LogP contribution in [0.2, 0.25) is 0 Å². The summed E-state index contributed by atoms with van der Waals surface area (Å²) in [5.74, 6) is -1.03. The van der Waals surface area contributed by atoms with E-state index in [1.54, 1.807) is 13.0 Å². The third-order valence-corrected chi connectivity index (χ3v) is 9.21. The van der Waals surface area contributed by atoms with E-state index < -0.39 is 23.2 Å². The topological polar surface area (TPSA) is 152 Å². The Labute approximate surface area is 234 Å². The van der Waals surface area contributed by atoms with Crippen molar-refractivity contribution in [3.05, 3.63) is 58.2 Å². The molecule has 0 aliphatic heterocycles. The summed E-state index contributed by atoms with van der Waals surface area (Å²) in [6.45, 7) is 3.95. The molecule has 3 aliphatic rings.